The lowest BCUT2D eigenvalue weighted by Crippen LogP contribution is -2.16. The lowest BCUT2D eigenvalue weighted by atomic mass is 10.00. The normalized spacial score (nSPS) is 12.5. The molecule has 1 nitrogen and oxygen atoms in total. The summed E-state index contributed by atoms with van der Waals surface area (Å²) < 4.78 is 25.8. The Bertz CT molecular complexity index is 374. The summed E-state index contributed by atoms with van der Waals surface area (Å²) in [5, 5.41) is 3.09. The van der Waals surface area contributed by atoms with Gasteiger partial charge in [0.15, 0.2) is 11.6 Å². The lowest BCUT2D eigenvalue weighted by molar-refractivity contribution is 0.496. The van der Waals surface area contributed by atoms with E-state index in [1.165, 1.54) is 6.07 Å². The van der Waals surface area contributed by atoms with E-state index in [2.05, 4.69) is 11.9 Å². The minimum atomic E-state index is -0.807. The van der Waals surface area contributed by atoms with Crippen molar-refractivity contribution in [2.75, 3.05) is 7.05 Å². The zero-order valence-electron chi connectivity index (χ0n) is 9.69. The van der Waals surface area contributed by atoms with Gasteiger partial charge in [-0.3, -0.25) is 0 Å². The number of allylic oxidation sites excluding steroid dienone is 1. The molecule has 0 aliphatic carbocycles. The zero-order valence-corrected chi connectivity index (χ0v) is 9.69. The van der Waals surface area contributed by atoms with Crippen LogP contribution in [-0.4, -0.2) is 7.05 Å². The summed E-state index contributed by atoms with van der Waals surface area (Å²) >= 11 is 0. The van der Waals surface area contributed by atoms with Crippen LogP contribution in [0.2, 0.25) is 0 Å². The maximum absolute atomic E-state index is 13.1. The third-order valence-electron chi connectivity index (χ3n) is 2.55. The third-order valence-corrected chi connectivity index (χ3v) is 2.55. The van der Waals surface area contributed by atoms with Gasteiger partial charge in [-0.1, -0.05) is 11.6 Å². The van der Waals surface area contributed by atoms with Crippen molar-refractivity contribution in [3.63, 3.8) is 0 Å². The van der Waals surface area contributed by atoms with Crippen molar-refractivity contribution in [2.24, 2.45) is 0 Å². The molecule has 1 aromatic carbocycles. The first kappa shape index (κ1) is 12.8. The quantitative estimate of drug-likeness (QED) is 0.755. The van der Waals surface area contributed by atoms with Crippen molar-refractivity contribution >= 4 is 0 Å². The number of halogens is 2. The Balaban J connectivity index is 2.78. The molecule has 0 heterocycles. The molecule has 0 fully saturated rings. The smallest absolute Gasteiger partial charge is 0.159 e. The molecule has 0 aliphatic rings. The molecule has 0 aromatic heterocycles. The van der Waals surface area contributed by atoms with E-state index in [0.717, 1.165) is 30.0 Å². The summed E-state index contributed by atoms with van der Waals surface area (Å²) in [7, 11) is 1.81. The Morgan fingerprint density at radius 1 is 1.38 bits per heavy atom. The van der Waals surface area contributed by atoms with Gasteiger partial charge in [0.1, 0.15) is 0 Å². The second-order valence-electron chi connectivity index (χ2n) is 4.01. The summed E-state index contributed by atoms with van der Waals surface area (Å²) in [6, 6.07) is 4.05. The van der Waals surface area contributed by atoms with E-state index in [1.54, 1.807) is 6.07 Å². The molecule has 0 aliphatic heterocycles. The molecule has 1 rings (SSSR count). The fraction of sp³-hybridized carbons (Fsp3) is 0.385. The topological polar surface area (TPSA) is 12.0 Å². The zero-order chi connectivity index (χ0) is 12.1. The predicted octanol–water partition coefficient (Wildman–Crippen LogP) is 3.58. The van der Waals surface area contributed by atoms with Crippen LogP contribution in [0.4, 0.5) is 8.78 Å². The first-order chi connectivity index (χ1) is 7.54. The average Bonchev–Trinajstić information content (AvgIpc) is 2.23. The highest BCUT2D eigenvalue weighted by molar-refractivity contribution is 5.21. The van der Waals surface area contributed by atoms with E-state index in [0.29, 0.717) is 0 Å². The van der Waals surface area contributed by atoms with Crippen molar-refractivity contribution in [1.82, 2.24) is 5.32 Å². The van der Waals surface area contributed by atoms with Gasteiger partial charge in [0.05, 0.1) is 0 Å². The first-order valence-corrected chi connectivity index (χ1v) is 5.31. The van der Waals surface area contributed by atoms with E-state index in [1.807, 2.05) is 14.0 Å². The first-order valence-electron chi connectivity index (χ1n) is 5.31. The van der Waals surface area contributed by atoms with Crippen LogP contribution in [0.1, 0.15) is 31.4 Å². The van der Waals surface area contributed by atoms with E-state index >= 15 is 0 Å². The van der Waals surface area contributed by atoms with Gasteiger partial charge in [-0.05, 0) is 44.5 Å². The van der Waals surface area contributed by atoms with Crippen molar-refractivity contribution < 1.29 is 8.78 Å². The maximum Gasteiger partial charge on any atom is 0.159 e. The Morgan fingerprint density at radius 2 is 2.06 bits per heavy atom. The Kier molecular flexibility index (Phi) is 4.62. The molecule has 0 amide bonds. The lowest BCUT2D eigenvalue weighted by Gasteiger charge is -2.16. The molecule has 88 valence electrons. The Labute approximate surface area is 95.2 Å². The fourth-order valence-corrected chi connectivity index (χ4v) is 1.60. The molecule has 1 atom stereocenters. The molecule has 0 saturated heterocycles. The van der Waals surface area contributed by atoms with E-state index in [4.69, 9.17) is 0 Å². The average molecular weight is 225 g/mol. The van der Waals surface area contributed by atoms with Gasteiger partial charge in [-0.25, -0.2) is 8.78 Å². The number of rotatable bonds is 5. The fourth-order valence-electron chi connectivity index (χ4n) is 1.60. The van der Waals surface area contributed by atoms with Gasteiger partial charge < -0.3 is 5.32 Å². The molecule has 3 heteroatoms. The summed E-state index contributed by atoms with van der Waals surface area (Å²) in [4.78, 5) is 0. The van der Waals surface area contributed by atoms with Crippen molar-refractivity contribution in [3.05, 3.63) is 47.5 Å². The molecular formula is C13H17F2N. The maximum atomic E-state index is 13.1. The molecule has 0 spiro atoms. The summed E-state index contributed by atoms with van der Waals surface area (Å²) in [6.07, 6.45) is 1.70. The highest BCUT2D eigenvalue weighted by atomic mass is 19.2. The van der Waals surface area contributed by atoms with Gasteiger partial charge >= 0.3 is 0 Å². The van der Waals surface area contributed by atoms with Crippen molar-refractivity contribution in [3.8, 4) is 0 Å². The Hall–Kier alpha value is -1.22. The minimum Gasteiger partial charge on any atom is -0.313 e. The summed E-state index contributed by atoms with van der Waals surface area (Å²) in [5.41, 5.74) is 1.85. The number of hydrogen-bond acceptors (Lipinski definition) is 1. The predicted molar refractivity (Wildman–Crippen MR) is 62.2 cm³/mol. The van der Waals surface area contributed by atoms with E-state index < -0.39 is 11.6 Å². The number of nitrogens with one attached hydrogen (secondary N) is 1. The summed E-state index contributed by atoms with van der Waals surface area (Å²) in [5.74, 6) is -1.61. The molecular weight excluding hydrogens is 208 g/mol. The van der Waals surface area contributed by atoms with Gasteiger partial charge in [0.2, 0.25) is 0 Å². The highest BCUT2D eigenvalue weighted by Gasteiger charge is 2.11. The van der Waals surface area contributed by atoms with Crippen molar-refractivity contribution in [2.45, 2.75) is 25.8 Å². The van der Waals surface area contributed by atoms with Gasteiger partial charge in [0, 0.05) is 6.04 Å². The highest BCUT2D eigenvalue weighted by Crippen LogP contribution is 2.21. The standard InChI is InChI=1S/C13H17F2N/c1-9(2)4-7-13(16-3)10-5-6-11(14)12(15)8-10/h5-6,8,13,16H,1,4,7H2,2-3H3. The van der Waals surface area contributed by atoms with Gasteiger partial charge in [-0.2, -0.15) is 0 Å². The SMILES string of the molecule is C=C(C)CCC(NC)c1ccc(F)c(F)c1. The molecule has 0 radical (unpaired) electrons. The van der Waals surface area contributed by atoms with E-state index in [-0.39, 0.29) is 6.04 Å². The Morgan fingerprint density at radius 3 is 2.56 bits per heavy atom. The molecule has 0 saturated carbocycles. The van der Waals surface area contributed by atoms with Crippen LogP contribution in [-0.2, 0) is 0 Å². The van der Waals surface area contributed by atoms with E-state index in [9.17, 15) is 8.78 Å². The number of benzene rings is 1. The van der Waals surface area contributed by atoms with Crippen LogP contribution in [0, 0.1) is 11.6 Å². The van der Waals surface area contributed by atoms with Gasteiger partial charge in [-0.15, -0.1) is 6.58 Å². The monoisotopic (exact) mass is 225 g/mol. The summed E-state index contributed by atoms with van der Waals surface area (Å²) in [6.45, 7) is 5.78. The van der Waals surface area contributed by atoms with Crippen molar-refractivity contribution in [1.29, 1.82) is 0 Å². The van der Waals surface area contributed by atoms with Crippen LogP contribution >= 0.6 is 0 Å². The second-order valence-corrected chi connectivity index (χ2v) is 4.01. The van der Waals surface area contributed by atoms with Gasteiger partial charge in [0.25, 0.3) is 0 Å². The minimum absolute atomic E-state index is 0.0341. The largest absolute Gasteiger partial charge is 0.313 e. The third kappa shape index (κ3) is 3.42. The number of hydrogen-bond donors (Lipinski definition) is 1. The second kappa shape index (κ2) is 5.75. The molecule has 1 unspecified atom stereocenters. The van der Waals surface area contributed by atoms with Crippen LogP contribution in [0.5, 0.6) is 0 Å². The molecule has 1 N–H and O–H groups in total. The molecule has 16 heavy (non-hydrogen) atoms. The van der Waals surface area contributed by atoms with Crippen LogP contribution in [0.15, 0.2) is 30.4 Å². The van der Waals surface area contributed by atoms with Crippen LogP contribution in [0.3, 0.4) is 0 Å². The molecule has 1 aromatic rings. The molecule has 0 bridgehead atoms. The van der Waals surface area contributed by atoms with Crippen LogP contribution in [0.25, 0.3) is 0 Å². The van der Waals surface area contributed by atoms with Crippen LogP contribution < -0.4 is 5.32 Å².